The maximum atomic E-state index is 5.69. The van der Waals surface area contributed by atoms with Gasteiger partial charge in [-0.2, -0.15) is 5.10 Å². The van der Waals surface area contributed by atoms with E-state index in [1.807, 2.05) is 61.5 Å². The van der Waals surface area contributed by atoms with Crippen LogP contribution in [0.4, 0.5) is 0 Å². The summed E-state index contributed by atoms with van der Waals surface area (Å²) in [7, 11) is 0. The molecule has 3 aromatic rings. The lowest BCUT2D eigenvalue weighted by Crippen LogP contribution is -2.39. The van der Waals surface area contributed by atoms with Crippen molar-refractivity contribution in [1.82, 2.24) is 25.4 Å². The first-order valence-electron chi connectivity index (χ1n) is 8.99. The first-order chi connectivity index (χ1) is 13.3. The molecule has 0 unspecified atom stereocenters. The molecule has 0 aliphatic heterocycles. The molecular formula is C20H25IN6O. The number of rotatable bonds is 8. The van der Waals surface area contributed by atoms with Gasteiger partial charge in [0.05, 0.1) is 18.8 Å². The molecule has 0 aliphatic carbocycles. The second kappa shape index (κ2) is 12.0. The Bertz CT molecular complexity index is 822. The molecule has 2 N–H and O–H groups in total. The first-order valence-corrected chi connectivity index (χ1v) is 8.99. The monoisotopic (exact) mass is 492 g/mol. The van der Waals surface area contributed by atoms with Crippen LogP contribution in [0.2, 0.25) is 0 Å². The maximum Gasteiger partial charge on any atom is 0.191 e. The Morgan fingerprint density at radius 3 is 2.54 bits per heavy atom. The van der Waals surface area contributed by atoms with Crippen LogP contribution in [0.25, 0.3) is 5.69 Å². The van der Waals surface area contributed by atoms with Crippen LogP contribution >= 0.6 is 24.0 Å². The Balaban J connectivity index is 0.00000280. The zero-order chi connectivity index (χ0) is 18.7. The second-order valence-corrected chi connectivity index (χ2v) is 5.79. The van der Waals surface area contributed by atoms with E-state index in [0.717, 1.165) is 29.5 Å². The Kier molecular flexibility index (Phi) is 9.26. The van der Waals surface area contributed by atoms with E-state index in [9.17, 15) is 0 Å². The van der Waals surface area contributed by atoms with Gasteiger partial charge in [-0.25, -0.2) is 14.7 Å². The van der Waals surface area contributed by atoms with Gasteiger partial charge in [-0.3, -0.25) is 0 Å². The third-order valence-electron chi connectivity index (χ3n) is 3.79. The number of aromatic nitrogens is 3. The molecule has 1 heterocycles. The molecule has 0 radical (unpaired) electrons. The van der Waals surface area contributed by atoms with E-state index in [-0.39, 0.29) is 24.0 Å². The largest absolute Gasteiger partial charge is 0.492 e. The van der Waals surface area contributed by atoms with Crippen molar-refractivity contribution >= 4 is 29.9 Å². The Morgan fingerprint density at radius 2 is 1.86 bits per heavy atom. The molecule has 3 rings (SSSR count). The minimum atomic E-state index is 0. The molecule has 0 aliphatic rings. The van der Waals surface area contributed by atoms with Gasteiger partial charge in [-0.15, -0.1) is 24.0 Å². The number of para-hydroxylation sites is 1. The van der Waals surface area contributed by atoms with Gasteiger partial charge in [0.25, 0.3) is 0 Å². The molecule has 0 saturated carbocycles. The van der Waals surface area contributed by atoms with Gasteiger partial charge in [-0.1, -0.05) is 30.3 Å². The summed E-state index contributed by atoms with van der Waals surface area (Å²) in [6, 6.07) is 17.9. The smallest absolute Gasteiger partial charge is 0.191 e. The first kappa shape index (κ1) is 21.7. The summed E-state index contributed by atoms with van der Waals surface area (Å²) < 4.78 is 7.41. The van der Waals surface area contributed by atoms with Crippen LogP contribution in [0.5, 0.6) is 5.75 Å². The van der Waals surface area contributed by atoms with Crippen molar-refractivity contribution < 1.29 is 4.74 Å². The molecule has 7 nitrogen and oxygen atoms in total. The number of hydrogen-bond acceptors (Lipinski definition) is 4. The highest BCUT2D eigenvalue weighted by molar-refractivity contribution is 14.0. The van der Waals surface area contributed by atoms with Gasteiger partial charge in [0.2, 0.25) is 0 Å². The van der Waals surface area contributed by atoms with Crippen LogP contribution < -0.4 is 15.4 Å². The molecule has 0 fully saturated rings. The topological polar surface area (TPSA) is 76.4 Å². The van der Waals surface area contributed by atoms with Crippen molar-refractivity contribution in [2.45, 2.75) is 13.5 Å². The third-order valence-corrected chi connectivity index (χ3v) is 3.79. The van der Waals surface area contributed by atoms with Gasteiger partial charge in [0, 0.05) is 6.54 Å². The summed E-state index contributed by atoms with van der Waals surface area (Å²) in [5.74, 6) is 1.64. The highest BCUT2D eigenvalue weighted by Crippen LogP contribution is 2.09. The number of ether oxygens (including phenoxy) is 1. The zero-order valence-electron chi connectivity index (χ0n) is 15.8. The Hall–Kier alpha value is -2.62. The molecule has 0 amide bonds. The molecule has 0 spiro atoms. The maximum absolute atomic E-state index is 5.69. The van der Waals surface area contributed by atoms with Gasteiger partial charge >= 0.3 is 0 Å². The fourth-order valence-corrected chi connectivity index (χ4v) is 2.46. The SMILES string of the molecule is CCNC(=NCc1ccc(-n2cncn2)cc1)NCCOc1ccccc1.I. The zero-order valence-corrected chi connectivity index (χ0v) is 18.1. The molecule has 148 valence electrons. The molecule has 0 atom stereocenters. The number of nitrogens with one attached hydrogen (secondary N) is 2. The number of nitrogens with zero attached hydrogens (tertiary/aromatic N) is 4. The normalized spacial score (nSPS) is 10.8. The predicted octanol–water partition coefficient (Wildman–Crippen LogP) is 3.02. The average Bonchev–Trinajstić information content (AvgIpc) is 3.25. The summed E-state index contributed by atoms with van der Waals surface area (Å²) in [5.41, 5.74) is 2.10. The van der Waals surface area contributed by atoms with E-state index in [1.165, 1.54) is 6.33 Å². The fourth-order valence-electron chi connectivity index (χ4n) is 2.46. The number of benzene rings is 2. The number of hydrogen-bond donors (Lipinski definition) is 2. The van der Waals surface area contributed by atoms with E-state index < -0.39 is 0 Å². The molecule has 0 bridgehead atoms. The van der Waals surface area contributed by atoms with E-state index in [1.54, 1.807) is 11.0 Å². The number of guanidine groups is 1. The Morgan fingerprint density at radius 1 is 1.07 bits per heavy atom. The highest BCUT2D eigenvalue weighted by atomic mass is 127. The van der Waals surface area contributed by atoms with Crippen LogP contribution in [-0.2, 0) is 6.54 Å². The van der Waals surface area contributed by atoms with Crippen molar-refractivity contribution in [2.24, 2.45) is 4.99 Å². The second-order valence-electron chi connectivity index (χ2n) is 5.79. The lowest BCUT2D eigenvalue weighted by atomic mass is 10.2. The lowest BCUT2D eigenvalue weighted by Gasteiger charge is -2.12. The quantitative estimate of drug-likeness (QED) is 0.219. The molecule has 2 aromatic carbocycles. The molecular weight excluding hydrogens is 467 g/mol. The summed E-state index contributed by atoms with van der Waals surface area (Å²) in [4.78, 5) is 8.58. The Labute approximate surface area is 182 Å². The minimum Gasteiger partial charge on any atom is -0.492 e. The van der Waals surface area contributed by atoms with Gasteiger partial charge in [0.15, 0.2) is 5.96 Å². The van der Waals surface area contributed by atoms with Crippen molar-refractivity contribution in [3.05, 3.63) is 72.8 Å². The van der Waals surface area contributed by atoms with Crippen LogP contribution in [-0.4, -0.2) is 40.4 Å². The number of aliphatic imine (C=N–C) groups is 1. The van der Waals surface area contributed by atoms with Gasteiger partial charge in [0.1, 0.15) is 25.0 Å². The van der Waals surface area contributed by atoms with Crippen LogP contribution in [0.3, 0.4) is 0 Å². The van der Waals surface area contributed by atoms with Gasteiger partial charge in [-0.05, 0) is 36.8 Å². The van der Waals surface area contributed by atoms with Gasteiger partial charge < -0.3 is 15.4 Å². The van der Waals surface area contributed by atoms with Crippen LogP contribution in [0.15, 0.2) is 72.2 Å². The predicted molar refractivity (Wildman–Crippen MR) is 122 cm³/mol. The van der Waals surface area contributed by atoms with E-state index >= 15 is 0 Å². The minimum absolute atomic E-state index is 0. The van der Waals surface area contributed by atoms with Crippen molar-refractivity contribution in [3.8, 4) is 11.4 Å². The number of halogens is 1. The fraction of sp³-hybridized carbons (Fsp3) is 0.250. The average molecular weight is 492 g/mol. The summed E-state index contributed by atoms with van der Waals surface area (Å²) >= 11 is 0. The standard InChI is InChI=1S/C20H24N6O.HI/c1-2-22-20(23-12-13-27-19-6-4-3-5-7-19)24-14-17-8-10-18(11-9-17)26-16-21-15-25-26;/h3-11,15-16H,2,12-14H2,1H3,(H2,22,23,24);1H. The van der Waals surface area contributed by atoms with Crippen molar-refractivity contribution in [2.75, 3.05) is 19.7 Å². The third kappa shape index (κ3) is 6.84. The van der Waals surface area contributed by atoms with Crippen LogP contribution in [0.1, 0.15) is 12.5 Å². The molecule has 1 aromatic heterocycles. The van der Waals surface area contributed by atoms with Crippen LogP contribution in [0, 0.1) is 0 Å². The summed E-state index contributed by atoms with van der Waals surface area (Å²) in [6.07, 6.45) is 3.20. The summed E-state index contributed by atoms with van der Waals surface area (Å²) in [6.45, 7) is 4.68. The van der Waals surface area contributed by atoms with Crippen molar-refractivity contribution in [3.63, 3.8) is 0 Å². The molecule has 8 heteroatoms. The molecule has 0 saturated heterocycles. The highest BCUT2D eigenvalue weighted by Gasteiger charge is 2.00. The van der Waals surface area contributed by atoms with E-state index in [4.69, 9.17) is 4.74 Å². The summed E-state index contributed by atoms with van der Waals surface area (Å²) in [5, 5.41) is 10.7. The molecule has 28 heavy (non-hydrogen) atoms. The van der Waals surface area contributed by atoms with Crippen molar-refractivity contribution in [1.29, 1.82) is 0 Å². The lowest BCUT2D eigenvalue weighted by molar-refractivity contribution is 0.322. The van der Waals surface area contributed by atoms with E-state index in [0.29, 0.717) is 19.7 Å². The van der Waals surface area contributed by atoms with E-state index in [2.05, 4.69) is 25.7 Å².